The maximum absolute atomic E-state index is 8.74. The molecule has 0 radical (unpaired) electrons. The Balaban J connectivity index is 2.16. The third-order valence-corrected chi connectivity index (χ3v) is 2.52. The zero-order valence-corrected chi connectivity index (χ0v) is 7.25. The van der Waals surface area contributed by atoms with E-state index in [1.165, 1.54) is 0 Å². The first-order valence-corrected chi connectivity index (χ1v) is 4.37. The zero-order chi connectivity index (χ0) is 9.54. The van der Waals surface area contributed by atoms with Crippen LogP contribution in [0.15, 0.2) is 39.4 Å². The number of hydrogen-bond donors (Lipinski definition) is 0. The lowest BCUT2D eigenvalue weighted by Gasteiger charge is -2.22. The van der Waals surface area contributed by atoms with E-state index in [0.29, 0.717) is 0 Å². The van der Waals surface area contributed by atoms with Crippen LogP contribution in [0.3, 0.4) is 0 Å². The minimum Gasteiger partial charge on any atom is -0.260 e. The predicted octanol–water partition coefficient (Wildman–Crippen LogP) is 0.886. The lowest BCUT2D eigenvalue weighted by atomic mass is 9.92. The molecule has 2 aliphatic heterocycles. The summed E-state index contributed by atoms with van der Waals surface area (Å²) in [4.78, 5) is 12.6. The zero-order valence-electron chi connectivity index (χ0n) is 7.25. The van der Waals surface area contributed by atoms with Crippen molar-refractivity contribution in [2.75, 3.05) is 0 Å². The van der Waals surface area contributed by atoms with Gasteiger partial charge in [-0.1, -0.05) is 6.08 Å². The second-order valence-corrected chi connectivity index (χ2v) is 3.30. The van der Waals surface area contributed by atoms with Gasteiger partial charge >= 0.3 is 0 Å². The van der Waals surface area contributed by atoms with Crippen LogP contribution < -0.4 is 0 Å². The van der Waals surface area contributed by atoms with Gasteiger partial charge in [0.1, 0.15) is 6.07 Å². The number of hydrogen-bond acceptors (Lipinski definition) is 4. The Morgan fingerprint density at radius 2 is 2.21 bits per heavy atom. The molecule has 4 nitrogen and oxygen atoms in total. The number of rotatable bonds is 0. The van der Waals surface area contributed by atoms with Crippen molar-refractivity contribution in [1.82, 2.24) is 0 Å². The molecule has 1 aliphatic carbocycles. The molecule has 4 heteroatoms. The maximum atomic E-state index is 8.74. The molecule has 0 aromatic carbocycles. The third-order valence-electron chi connectivity index (χ3n) is 2.52. The van der Waals surface area contributed by atoms with Gasteiger partial charge in [-0.3, -0.25) is 4.99 Å². The van der Waals surface area contributed by atoms with Crippen LogP contribution in [-0.2, 0) is 0 Å². The van der Waals surface area contributed by atoms with E-state index in [1.54, 1.807) is 6.20 Å². The van der Waals surface area contributed by atoms with E-state index >= 15 is 0 Å². The number of nitriles is 1. The fraction of sp³-hybridized carbons (Fsp3) is 0.200. The van der Waals surface area contributed by atoms with E-state index in [9.17, 15) is 0 Å². The summed E-state index contributed by atoms with van der Waals surface area (Å²) in [7, 11) is 0. The number of aliphatic imine (C=N–C) groups is 3. The number of nitrogens with zero attached hydrogens (tertiary/aromatic N) is 4. The second-order valence-electron chi connectivity index (χ2n) is 3.30. The molecule has 0 saturated carbocycles. The van der Waals surface area contributed by atoms with Gasteiger partial charge in [0.2, 0.25) is 5.84 Å². The molecule has 0 aromatic rings. The van der Waals surface area contributed by atoms with E-state index < -0.39 is 0 Å². The highest BCUT2D eigenvalue weighted by atomic mass is 15.0. The van der Waals surface area contributed by atoms with Gasteiger partial charge in [-0.2, -0.15) is 5.26 Å². The monoisotopic (exact) mass is 182 g/mol. The van der Waals surface area contributed by atoms with Gasteiger partial charge in [-0.05, 0) is 12.2 Å². The molecule has 0 bridgehead atoms. The Bertz CT molecular complexity index is 485. The summed E-state index contributed by atoms with van der Waals surface area (Å²) < 4.78 is 0. The van der Waals surface area contributed by atoms with Gasteiger partial charge in [0.25, 0.3) is 0 Å². The third kappa shape index (κ3) is 0.839. The molecule has 3 rings (SSSR count). The molecular formula is C10H6N4. The van der Waals surface area contributed by atoms with Crippen molar-refractivity contribution in [3.8, 4) is 6.07 Å². The van der Waals surface area contributed by atoms with Crippen molar-refractivity contribution in [3.63, 3.8) is 0 Å². The highest BCUT2D eigenvalue weighted by Gasteiger charge is 2.35. The van der Waals surface area contributed by atoms with Crippen molar-refractivity contribution in [1.29, 1.82) is 5.26 Å². The molecule has 14 heavy (non-hydrogen) atoms. The molecule has 0 N–H and O–H groups in total. The van der Waals surface area contributed by atoms with Crippen LogP contribution in [-0.4, -0.2) is 23.3 Å². The summed E-state index contributed by atoms with van der Waals surface area (Å²) in [6.07, 6.45) is 7.50. The average Bonchev–Trinajstić information content (AvgIpc) is 2.64. The van der Waals surface area contributed by atoms with Crippen LogP contribution >= 0.6 is 0 Å². The van der Waals surface area contributed by atoms with Crippen LogP contribution in [0.4, 0.5) is 0 Å². The summed E-state index contributed by atoms with van der Waals surface area (Å²) in [5, 5.41) is 8.74. The fourth-order valence-corrected chi connectivity index (χ4v) is 1.91. The predicted molar refractivity (Wildman–Crippen MR) is 53.5 cm³/mol. The van der Waals surface area contributed by atoms with Gasteiger partial charge < -0.3 is 0 Å². The van der Waals surface area contributed by atoms with Crippen LogP contribution in [0.1, 0.15) is 0 Å². The van der Waals surface area contributed by atoms with E-state index in [1.807, 2.05) is 24.3 Å². The Labute approximate surface area is 80.7 Å². The molecule has 0 fully saturated rings. The Morgan fingerprint density at radius 3 is 3.07 bits per heavy atom. The Morgan fingerprint density at radius 1 is 1.29 bits per heavy atom. The number of allylic oxidation sites excluding steroid dienone is 2. The molecule has 2 heterocycles. The lowest BCUT2D eigenvalue weighted by Crippen LogP contribution is -2.32. The van der Waals surface area contributed by atoms with Gasteiger partial charge in [0, 0.05) is 6.20 Å². The summed E-state index contributed by atoms with van der Waals surface area (Å²) >= 11 is 0. The maximum Gasteiger partial charge on any atom is 0.228 e. The van der Waals surface area contributed by atoms with Crippen LogP contribution in [0, 0.1) is 17.2 Å². The van der Waals surface area contributed by atoms with Crippen LogP contribution in [0.5, 0.6) is 0 Å². The molecule has 3 aliphatic rings. The van der Waals surface area contributed by atoms with Gasteiger partial charge in [0.05, 0.1) is 23.4 Å². The largest absolute Gasteiger partial charge is 0.260 e. The van der Waals surface area contributed by atoms with Gasteiger partial charge in [-0.25, -0.2) is 9.98 Å². The smallest absolute Gasteiger partial charge is 0.228 e. The first-order valence-electron chi connectivity index (χ1n) is 4.37. The quantitative estimate of drug-likeness (QED) is 0.548. The van der Waals surface area contributed by atoms with E-state index in [4.69, 9.17) is 5.26 Å². The second kappa shape index (κ2) is 2.48. The summed E-state index contributed by atoms with van der Waals surface area (Å²) in [6.45, 7) is 0. The first-order chi connectivity index (χ1) is 6.88. The van der Waals surface area contributed by atoms with E-state index in [0.717, 1.165) is 11.4 Å². The van der Waals surface area contributed by atoms with E-state index in [2.05, 4.69) is 15.0 Å². The van der Waals surface area contributed by atoms with Crippen molar-refractivity contribution in [2.24, 2.45) is 20.9 Å². The fourth-order valence-electron chi connectivity index (χ4n) is 1.91. The summed E-state index contributed by atoms with van der Waals surface area (Å²) in [6, 6.07) is 2.00. The summed E-state index contributed by atoms with van der Waals surface area (Å²) in [5.74, 6) is 0.413. The van der Waals surface area contributed by atoms with Crippen molar-refractivity contribution in [3.05, 3.63) is 24.4 Å². The van der Waals surface area contributed by atoms with E-state index in [-0.39, 0.29) is 17.8 Å². The Kier molecular flexibility index (Phi) is 1.31. The normalized spacial score (nSPS) is 31.5. The molecule has 66 valence electrons. The number of amidine groups is 1. The molecule has 0 spiro atoms. The highest BCUT2D eigenvalue weighted by molar-refractivity contribution is 6.24. The lowest BCUT2D eigenvalue weighted by molar-refractivity contribution is 0.769. The topological polar surface area (TPSA) is 60.9 Å². The van der Waals surface area contributed by atoms with Crippen LogP contribution in [0.25, 0.3) is 0 Å². The standard InChI is InChI=1S/C10H6N4/c11-5-9-13-7-2-1-6-10(7)8(14-9)3-4-12-6/h1-4,7,10H. The molecule has 0 saturated heterocycles. The molecule has 0 amide bonds. The van der Waals surface area contributed by atoms with Gasteiger partial charge in [-0.15, -0.1) is 0 Å². The Hall–Kier alpha value is -2.02. The summed E-state index contributed by atoms with van der Waals surface area (Å²) in [5.41, 5.74) is 1.90. The minimum absolute atomic E-state index is 0.0286. The molecule has 2 unspecified atom stereocenters. The average molecular weight is 182 g/mol. The molecule has 0 aromatic heterocycles. The SMILES string of the molecule is N#CC1=NC2C=CC3=NC=CC(=N1)C32. The van der Waals surface area contributed by atoms with Gasteiger partial charge in [0.15, 0.2) is 0 Å². The molecular weight excluding hydrogens is 176 g/mol. The van der Waals surface area contributed by atoms with Crippen molar-refractivity contribution in [2.45, 2.75) is 6.04 Å². The highest BCUT2D eigenvalue weighted by Crippen LogP contribution is 2.27. The van der Waals surface area contributed by atoms with Crippen LogP contribution in [0.2, 0.25) is 0 Å². The van der Waals surface area contributed by atoms with Crippen molar-refractivity contribution >= 4 is 17.3 Å². The molecule has 2 atom stereocenters. The minimum atomic E-state index is 0.0286. The van der Waals surface area contributed by atoms with Crippen molar-refractivity contribution < 1.29 is 0 Å². The first kappa shape index (κ1) is 7.39.